The largest absolute Gasteiger partial charge is 0.477 e. The summed E-state index contributed by atoms with van der Waals surface area (Å²) in [6.45, 7) is 8.02. The summed E-state index contributed by atoms with van der Waals surface area (Å²) in [5.74, 6) is -3.30. The summed E-state index contributed by atoms with van der Waals surface area (Å²) in [7, 11) is 0. The van der Waals surface area contributed by atoms with Gasteiger partial charge in [0.05, 0.1) is 6.54 Å². The van der Waals surface area contributed by atoms with Crippen molar-refractivity contribution in [1.29, 1.82) is 0 Å². The van der Waals surface area contributed by atoms with E-state index in [9.17, 15) is 29.7 Å². The van der Waals surface area contributed by atoms with Gasteiger partial charge in [0.1, 0.15) is 0 Å². The van der Waals surface area contributed by atoms with Gasteiger partial charge >= 0.3 is 17.9 Å². The molecule has 34 heavy (non-hydrogen) atoms. The maximum Gasteiger partial charge on any atom is 0.362 e. The minimum absolute atomic E-state index is 0.245. The van der Waals surface area contributed by atoms with E-state index in [4.69, 9.17) is 0 Å². The number of hydrogen-bond donors (Lipinski definition) is 3. The number of nitrogens with zero attached hydrogens (tertiary/aromatic N) is 1. The molecule has 0 amide bonds. The van der Waals surface area contributed by atoms with E-state index in [2.05, 4.69) is 19.1 Å². The first kappa shape index (κ1) is 32.1. The minimum atomic E-state index is -1.10. The molecule has 0 heterocycles. The van der Waals surface area contributed by atoms with E-state index in [1.165, 1.54) is 25.7 Å². The van der Waals surface area contributed by atoms with Crippen molar-refractivity contribution in [2.45, 2.75) is 136 Å². The second kappa shape index (κ2) is 18.4. The monoisotopic (exact) mass is 484 g/mol. The van der Waals surface area contributed by atoms with Gasteiger partial charge in [-0.25, -0.2) is 14.4 Å². The van der Waals surface area contributed by atoms with E-state index in [1.54, 1.807) is 0 Å². The lowest BCUT2D eigenvalue weighted by Crippen LogP contribution is -2.72. The van der Waals surface area contributed by atoms with Crippen molar-refractivity contribution in [2.75, 3.05) is 6.54 Å². The molecule has 0 aliphatic rings. The van der Waals surface area contributed by atoms with Crippen LogP contribution in [0.1, 0.15) is 118 Å². The van der Waals surface area contributed by atoms with Gasteiger partial charge in [0.25, 0.3) is 0 Å². The molecule has 0 saturated carbocycles. The van der Waals surface area contributed by atoms with Crippen molar-refractivity contribution in [3.63, 3.8) is 0 Å². The Hall–Kier alpha value is -1.89. The zero-order chi connectivity index (χ0) is 26.0. The molecule has 0 fully saturated rings. The fourth-order valence-corrected chi connectivity index (χ4v) is 5.22. The molecule has 0 saturated heterocycles. The molecule has 3 unspecified atom stereocenters. The van der Waals surface area contributed by atoms with E-state index in [-0.39, 0.29) is 25.8 Å². The number of unbranched alkanes of at least 4 members (excludes halogenated alkanes) is 6. The second-order valence-electron chi connectivity index (χ2n) is 9.46. The molecule has 3 atom stereocenters. The van der Waals surface area contributed by atoms with Crippen LogP contribution in [0.5, 0.6) is 0 Å². The fraction of sp³-hybridized carbons (Fsp3) is 0.815. The van der Waals surface area contributed by atoms with Crippen molar-refractivity contribution in [3.05, 3.63) is 12.2 Å². The van der Waals surface area contributed by atoms with Crippen LogP contribution in [0.2, 0.25) is 0 Å². The highest BCUT2D eigenvalue weighted by atomic mass is 16.4. The molecule has 0 aliphatic carbocycles. The Bertz CT molecular complexity index is 558. The standard InChI is InChI=1S/C27H49NO6/c1-5-9-10-11-12-13-14-15-16-17-21-28(22(18-6-2)25(29)30,23(19-7-3)26(31)32)24(20-8-4)27(33)34/h13-14,22-24H,5-12,15-21H2,1-4H3,(H2-,29,30,31,32,33,34)/p+1/b14-13+. The lowest BCUT2D eigenvalue weighted by molar-refractivity contribution is -0.973. The predicted molar refractivity (Wildman–Crippen MR) is 136 cm³/mol. The highest BCUT2D eigenvalue weighted by Gasteiger charge is 2.56. The molecule has 0 spiro atoms. The summed E-state index contributed by atoms with van der Waals surface area (Å²) < 4.78 is -0.393. The summed E-state index contributed by atoms with van der Waals surface area (Å²) in [6.07, 6.45) is 14.9. The number of allylic oxidation sites excluding steroid dienone is 2. The molecule has 0 rings (SSSR count). The first-order valence-corrected chi connectivity index (χ1v) is 13.4. The zero-order valence-corrected chi connectivity index (χ0v) is 22.0. The van der Waals surface area contributed by atoms with Crippen molar-refractivity contribution in [1.82, 2.24) is 0 Å². The molecule has 7 nitrogen and oxygen atoms in total. The number of hydrogen-bond acceptors (Lipinski definition) is 3. The van der Waals surface area contributed by atoms with Crippen LogP contribution in [0, 0.1) is 0 Å². The average molecular weight is 485 g/mol. The summed E-state index contributed by atoms with van der Waals surface area (Å²) in [4.78, 5) is 37.4. The maximum atomic E-state index is 12.5. The van der Waals surface area contributed by atoms with Gasteiger partial charge in [-0.3, -0.25) is 4.48 Å². The molecule has 0 radical (unpaired) electrons. The Balaban J connectivity index is 5.94. The van der Waals surface area contributed by atoms with Crippen LogP contribution in [0.4, 0.5) is 0 Å². The van der Waals surface area contributed by atoms with Crippen LogP contribution in [0.15, 0.2) is 12.2 Å². The van der Waals surface area contributed by atoms with Crippen molar-refractivity contribution < 1.29 is 34.2 Å². The Morgan fingerprint density at radius 1 is 0.588 bits per heavy atom. The molecule has 0 aliphatic heterocycles. The first-order chi connectivity index (χ1) is 16.2. The van der Waals surface area contributed by atoms with Crippen LogP contribution < -0.4 is 0 Å². The third-order valence-corrected chi connectivity index (χ3v) is 6.84. The van der Waals surface area contributed by atoms with Gasteiger partial charge in [0.2, 0.25) is 0 Å². The van der Waals surface area contributed by atoms with E-state index >= 15 is 0 Å². The molecule has 0 aromatic carbocycles. The zero-order valence-electron chi connectivity index (χ0n) is 22.0. The van der Waals surface area contributed by atoms with Crippen LogP contribution >= 0.6 is 0 Å². The number of quaternary nitrogens is 1. The third kappa shape index (κ3) is 10.2. The van der Waals surface area contributed by atoms with Crippen LogP contribution in [0.25, 0.3) is 0 Å². The molecule has 198 valence electrons. The van der Waals surface area contributed by atoms with Gasteiger partial charge in [-0.15, -0.1) is 0 Å². The molecular formula is C27H50NO6+. The number of carbonyl (C=O) groups is 3. The number of carboxylic acid groups (broad SMARTS) is 3. The quantitative estimate of drug-likeness (QED) is 0.0950. The van der Waals surface area contributed by atoms with Crippen molar-refractivity contribution in [2.24, 2.45) is 0 Å². The molecular weight excluding hydrogens is 434 g/mol. The SMILES string of the molecule is CCCCCC/C=C/CCCC[N+](C(CCC)C(=O)O)(C(CCC)C(=O)O)C(CCC)C(=O)O. The smallest absolute Gasteiger partial charge is 0.362 e. The van der Waals surface area contributed by atoms with Gasteiger partial charge in [0, 0.05) is 19.3 Å². The summed E-state index contributed by atoms with van der Waals surface area (Å²) in [5, 5.41) is 30.6. The molecule has 3 N–H and O–H groups in total. The van der Waals surface area contributed by atoms with Gasteiger partial charge < -0.3 is 15.3 Å². The maximum absolute atomic E-state index is 12.5. The Labute approximate surface area is 206 Å². The fourth-order valence-electron chi connectivity index (χ4n) is 5.22. The first-order valence-electron chi connectivity index (χ1n) is 13.4. The van der Waals surface area contributed by atoms with Gasteiger partial charge in [-0.05, 0) is 51.4 Å². The van der Waals surface area contributed by atoms with E-state index in [1.807, 2.05) is 20.8 Å². The number of carboxylic acids is 3. The van der Waals surface area contributed by atoms with Gasteiger partial charge in [-0.2, -0.15) is 0 Å². The van der Waals surface area contributed by atoms with Gasteiger partial charge in [-0.1, -0.05) is 59.1 Å². The minimum Gasteiger partial charge on any atom is -0.477 e. The molecule has 7 heteroatoms. The van der Waals surface area contributed by atoms with E-state index in [0.29, 0.717) is 25.7 Å². The van der Waals surface area contributed by atoms with Crippen molar-refractivity contribution in [3.8, 4) is 0 Å². The molecule has 0 bridgehead atoms. The van der Waals surface area contributed by atoms with E-state index < -0.39 is 40.5 Å². The lowest BCUT2D eigenvalue weighted by atomic mass is 9.91. The van der Waals surface area contributed by atoms with Crippen LogP contribution in [-0.4, -0.2) is 62.4 Å². The summed E-state index contributed by atoms with van der Waals surface area (Å²) >= 11 is 0. The van der Waals surface area contributed by atoms with Crippen LogP contribution in [-0.2, 0) is 14.4 Å². The molecule has 0 aromatic heterocycles. The Kier molecular flexibility index (Phi) is 17.4. The lowest BCUT2D eigenvalue weighted by Gasteiger charge is -2.50. The normalized spacial score (nSPS) is 16.1. The van der Waals surface area contributed by atoms with E-state index in [0.717, 1.165) is 19.3 Å². The summed E-state index contributed by atoms with van der Waals surface area (Å²) in [5.41, 5.74) is 0. The Morgan fingerprint density at radius 2 is 0.971 bits per heavy atom. The topological polar surface area (TPSA) is 112 Å². The second-order valence-corrected chi connectivity index (χ2v) is 9.46. The number of aliphatic carboxylic acids is 3. The molecule has 0 aromatic rings. The average Bonchev–Trinajstić information content (AvgIpc) is 2.78. The summed E-state index contributed by atoms with van der Waals surface area (Å²) in [6, 6.07) is -3.17. The predicted octanol–water partition coefficient (Wildman–Crippen LogP) is 6.26. The highest BCUT2D eigenvalue weighted by Crippen LogP contribution is 2.34. The number of rotatable bonds is 22. The van der Waals surface area contributed by atoms with Gasteiger partial charge in [0.15, 0.2) is 18.1 Å². The Morgan fingerprint density at radius 3 is 1.29 bits per heavy atom. The third-order valence-electron chi connectivity index (χ3n) is 6.84. The highest BCUT2D eigenvalue weighted by molar-refractivity contribution is 5.78. The van der Waals surface area contributed by atoms with Crippen molar-refractivity contribution >= 4 is 17.9 Å². The van der Waals surface area contributed by atoms with Crippen LogP contribution in [0.3, 0.4) is 0 Å².